The van der Waals surface area contributed by atoms with Crippen LogP contribution in [0.15, 0.2) is 12.0 Å². The normalized spacial score (nSPS) is 13.7. The van der Waals surface area contributed by atoms with Crippen molar-refractivity contribution < 1.29 is 9.47 Å². The van der Waals surface area contributed by atoms with Gasteiger partial charge in [0.2, 0.25) is 0 Å². The molecule has 74 valence electrons. The van der Waals surface area contributed by atoms with Crippen LogP contribution >= 0.6 is 24.0 Å². The van der Waals surface area contributed by atoms with E-state index in [9.17, 15) is 0 Å². The third-order valence-electron chi connectivity index (χ3n) is 1.16. The Kier molecular flexibility index (Phi) is 9.03. The first-order valence-corrected chi connectivity index (χ1v) is 3.64. The quantitative estimate of drug-likeness (QED) is 0.405. The largest absolute Gasteiger partial charge is 0.501 e. The Bertz CT molecular complexity index is 139. The van der Waals surface area contributed by atoms with E-state index in [2.05, 4.69) is 0 Å². The molecule has 0 aliphatic rings. The first-order chi connectivity index (χ1) is 5.13. The molecule has 1 unspecified atom stereocenters. The molecule has 1 atom stereocenters. The van der Waals surface area contributed by atoms with Gasteiger partial charge in [0.15, 0.2) is 5.76 Å². The fourth-order valence-corrected chi connectivity index (χ4v) is 0.713. The second kappa shape index (κ2) is 7.53. The predicted octanol–water partition coefficient (Wildman–Crippen LogP) is 1.67. The lowest BCUT2D eigenvalue weighted by Crippen LogP contribution is -2.25. The standard InChI is InChI=1S/C7H14ClNO2.ClH/c1-9(2)7(8)6(11-4)5-10-3;/h5,7H,1-4H3;1H. The van der Waals surface area contributed by atoms with E-state index in [1.54, 1.807) is 14.2 Å². The highest BCUT2D eigenvalue weighted by Crippen LogP contribution is 2.12. The molecule has 5 heteroatoms. The van der Waals surface area contributed by atoms with Crippen LogP contribution in [0.3, 0.4) is 0 Å². The Morgan fingerprint density at radius 1 is 1.42 bits per heavy atom. The van der Waals surface area contributed by atoms with E-state index in [0.29, 0.717) is 5.76 Å². The van der Waals surface area contributed by atoms with Gasteiger partial charge in [-0.25, -0.2) is 0 Å². The average molecular weight is 216 g/mol. The molecule has 0 bridgehead atoms. The van der Waals surface area contributed by atoms with Crippen molar-refractivity contribution >= 4 is 24.0 Å². The molecule has 0 spiro atoms. The summed E-state index contributed by atoms with van der Waals surface area (Å²) in [5.74, 6) is 0.596. The van der Waals surface area contributed by atoms with Crippen molar-refractivity contribution in [1.29, 1.82) is 0 Å². The summed E-state index contributed by atoms with van der Waals surface area (Å²) in [6.07, 6.45) is 1.48. The van der Waals surface area contributed by atoms with Crippen molar-refractivity contribution in [3.63, 3.8) is 0 Å². The zero-order valence-electron chi connectivity index (χ0n) is 7.70. The van der Waals surface area contributed by atoms with Gasteiger partial charge in [0.25, 0.3) is 0 Å². The summed E-state index contributed by atoms with van der Waals surface area (Å²) in [4.78, 5) is 1.82. The first-order valence-electron chi connectivity index (χ1n) is 3.20. The third-order valence-corrected chi connectivity index (χ3v) is 1.76. The fraction of sp³-hybridized carbons (Fsp3) is 0.714. The van der Waals surface area contributed by atoms with Gasteiger partial charge in [-0.1, -0.05) is 11.6 Å². The van der Waals surface area contributed by atoms with Crippen molar-refractivity contribution in [1.82, 2.24) is 4.90 Å². The van der Waals surface area contributed by atoms with Crippen LogP contribution in [0.4, 0.5) is 0 Å². The Morgan fingerprint density at radius 3 is 2.17 bits per heavy atom. The smallest absolute Gasteiger partial charge is 0.162 e. The van der Waals surface area contributed by atoms with Gasteiger partial charge in [-0.15, -0.1) is 12.4 Å². The van der Waals surface area contributed by atoms with Crippen LogP contribution in [-0.4, -0.2) is 38.7 Å². The van der Waals surface area contributed by atoms with Gasteiger partial charge in [0.05, 0.1) is 14.2 Å². The number of ether oxygens (including phenoxy) is 2. The summed E-state index contributed by atoms with van der Waals surface area (Å²) in [6, 6.07) is 0. The number of halogens is 2. The molecular weight excluding hydrogens is 201 g/mol. The summed E-state index contributed by atoms with van der Waals surface area (Å²) >= 11 is 5.91. The second-order valence-corrected chi connectivity index (χ2v) is 2.67. The number of alkyl halides is 1. The van der Waals surface area contributed by atoms with E-state index in [-0.39, 0.29) is 17.9 Å². The molecule has 0 aliphatic carbocycles. The molecule has 3 nitrogen and oxygen atoms in total. The van der Waals surface area contributed by atoms with Gasteiger partial charge >= 0.3 is 0 Å². The minimum atomic E-state index is -0.278. The summed E-state index contributed by atoms with van der Waals surface area (Å²) < 4.78 is 9.74. The molecule has 0 radical (unpaired) electrons. The topological polar surface area (TPSA) is 21.7 Å². The third kappa shape index (κ3) is 4.70. The maximum atomic E-state index is 5.91. The molecule has 0 fully saturated rings. The van der Waals surface area contributed by atoms with E-state index >= 15 is 0 Å². The predicted molar refractivity (Wildman–Crippen MR) is 52.7 cm³/mol. The number of hydrogen-bond acceptors (Lipinski definition) is 3. The molecule has 0 saturated heterocycles. The monoisotopic (exact) mass is 215 g/mol. The van der Waals surface area contributed by atoms with Crippen LogP contribution in [0.25, 0.3) is 0 Å². The lowest BCUT2D eigenvalue weighted by atomic mass is 10.5. The summed E-state index contributed by atoms with van der Waals surface area (Å²) in [6.45, 7) is 0. The summed E-state index contributed by atoms with van der Waals surface area (Å²) in [5.41, 5.74) is -0.278. The lowest BCUT2D eigenvalue weighted by Gasteiger charge is -2.18. The molecule has 0 aromatic heterocycles. The lowest BCUT2D eigenvalue weighted by molar-refractivity contribution is 0.206. The van der Waals surface area contributed by atoms with Crippen LogP contribution in [0.1, 0.15) is 0 Å². The summed E-state index contributed by atoms with van der Waals surface area (Å²) in [7, 11) is 6.84. The second-order valence-electron chi connectivity index (χ2n) is 2.26. The number of rotatable bonds is 4. The summed E-state index contributed by atoms with van der Waals surface area (Å²) in [5, 5.41) is 0. The maximum absolute atomic E-state index is 5.91. The maximum Gasteiger partial charge on any atom is 0.162 e. The zero-order chi connectivity index (χ0) is 8.85. The Balaban J connectivity index is 0. The molecule has 0 rings (SSSR count). The van der Waals surface area contributed by atoms with Gasteiger partial charge in [-0.05, 0) is 14.1 Å². The number of hydrogen-bond donors (Lipinski definition) is 0. The van der Waals surface area contributed by atoms with Crippen LogP contribution in [-0.2, 0) is 9.47 Å². The number of likely N-dealkylation sites (N-methyl/N-ethyl adjacent to an activating group) is 1. The van der Waals surface area contributed by atoms with Crippen molar-refractivity contribution in [2.75, 3.05) is 28.3 Å². The van der Waals surface area contributed by atoms with Gasteiger partial charge in [0.1, 0.15) is 11.8 Å². The molecule has 0 amide bonds. The fourth-order valence-electron chi connectivity index (χ4n) is 0.572. The minimum absolute atomic E-state index is 0. The van der Waals surface area contributed by atoms with Crippen LogP contribution in [0.2, 0.25) is 0 Å². The van der Waals surface area contributed by atoms with E-state index in [1.807, 2.05) is 19.0 Å². The van der Waals surface area contributed by atoms with Gasteiger partial charge < -0.3 is 9.47 Å². The molecule has 0 heterocycles. The van der Waals surface area contributed by atoms with Crippen molar-refractivity contribution in [3.05, 3.63) is 12.0 Å². The minimum Gasteiger partial charge on any atom is -0.501 e. The average Bonchev–Trinajstić information content (AvgIpc) is 1.98. The van der Waals surface area contributed by atoms with Crippen LogP contribution in [0.5, 0.6) is 0 Å². The SMILES string of the molecule is COC=C(OC)C(Cl)N(C)C.Cl. The molecule has 0 saturated carbocycles. The van der Waals surface area contributed by atoms with E-state index in [1.165, 1.54) is 6.26 Å². The van der Waals surface area contributed by atoms with Crippen molar-refractivity contribution in [2.24, 2.45) is 0 Å². The first kappa shape index (κ1) is 14.4. The number of nitrogens with zero attached hydrogens (tertiary/aromatic N) is 1. The van der Waals surface area contributed by atoms with E-state index < -0.39 is 0 Å². The highest BCUT2D eigenvalue weighted by atomic mass is 35.5. The Hall–Kier alpha value is -0.120. The highest BCUT2D eigenvalue weighted by Gasteiger charge is 2.13. The zero-order valence-corrected chi connectivity index (χ0v) is 9.28. The highest BCUT2D eigenvalue weighted by molar-refractivity contribution is 6.21. The van der Waals surface area contributed by atoms with Gasteiger partial charge in [-0.2, -0.15) is 0 Å². The van der Waals surface area contributed by atoms with Crippen molar-refractivity contribution in [2.45, 2.75) is 5.50 Å². The molecule has 0 aromatic rings. The van der Waals surface area contributed by atoms with Gasteiger partial charge in [-0.3, -0.25) is 4.90 Å². The van der Waals surface area contributed by atoms with E-state index in [0.717, 1.165) is 0 Å². The Labute approximate surface area is 84.7 Å². The Morgan fingerprint density at radius 2 is 1.92 bits per heavy atom. The molecular formula is C7H15Cl2NO2. The van der Waals surface area contributed by atoms with Crippen molar-refractivity contribution in [3.8, 4) is 0 Å². The molecule has 12 heavy (non-hydrogen) atoms. The van der Waals surface area contributed by atoms with Crippen LogP contribution < -0.4 is 0 Å². The van der Waals surface area contributed by atoms with Gasteiger partial charge in [0, 0.05) is 0 Å². The molecule has 0 aromatic carbocycles. The molecule has 0 N–H and O–H groups in total. The van der Waals surface area contributed by atoms with E-state index in [4.69, 9.17) is 21.1 Å². The van der Waals surface area contributed by atoms with Crippen LogP contribution in [0, 0.1) is 0 Å². The number of methoxy groups -OCH3 is 2. The molecule has 0 aliphatic heterocycles.